The predicted octanol–water partition coefficient (Wildman–Crippen LogP) is 41.4. The van der Waals surface area contributed by atoms with Gasteiger partial charge in [-0.2, -0.15) is 0 Å². The Morgan fingerprint density at radius 3 is 1.12 bits per heavy atom. The monoisotopic (exact) mass is 1810 g/mol. The maximum atomic E-state index is 7.28. The van der Waals surface area contributed by atoms with E-state index >= 15 is 0 Å². The lowest BCUT2D eigenvalue weighted by molar-refractivity contribution is 0.394. The molecule has 0 saturated heterocycles. The van der Waals surface area contributed by atoms with Gasteiger partial charge in [0.15, 0.2) is 0 Å². The van der Waals surface area contributed by atoms with E-state index in [1.54, 1.807) is 33.4 Å². The Morgan fingerprint density at radius 2 is 0.577 bits per heavy atom. The Bertz CT molecular complexity index is 6810. The molecule has 13 aromatic carbocycles. The molecular formula is C134H153NO2. The highest BCUT2D eigenvalue weighted by Crippen LogP contribution is 2.66. The standard InChI is InChI=1S/C134H153NO2/c1-12-18-24-30-36-48-79-133(80-49-37-31-25-19-13-2)113-75-76-124-127(107-56-41-44-59-122(107)136-124)126(113)111-91-119-110(90-120(111)133)105-73-68-100(88-118(105)134(119,81-50-38-32-26-20-14-3)82-51-39-33-27-21-15-4)135(98-54-52-53-92(7)83-98)99-69-74-106-116(87-99)131(10,11)121-89-109(129-128(125(106)121)108-57-42-45-60-123(108)137-129)94-63-61-93(62-64-94)95-65-70-102-103-71-66-96(85-115(103)130(8,9)114(102)84-95)97-67-72-104-101-55-40-43-58-112(101)132(117(104)86-97,77-46-34-28-22-16-5)78-47-35-29-23-17-6/h40-45,52-76,83-91H,12-39,46-51,77-82H2,1-11H3. The van der Waals surface area contributed by atoms with Gasteiger partial charge >= 0.3 is 0 Å². The van der Waals surface area contributed by atoms with Crippen LogP contribution in [0.3, 0.4) is 0 Å². The molecule has 2 heterocycles. The van der Waals surface area contributed by atoms with Crippen molar-refractivity contribution in [3.63, 3.8) is 0 Å². The number of hydrogen-bond donors (Lipinski definition) is 0. The molecule has 2 aromatic heterocycles. The van der Waals surface area contributed by atoms with E-state index < -0.39 is 0 Å². The fraction of sp³-hybridized carbons (Fsp3) is 0.418. The molecule has 0 aliphatic heterocycles. The second-order valence-corrected chi connectivity index (χ2v) is 44.0. The molecule has 3 nitrogen and oxygen atoms in total. The molecule has 15 aromatic rings. The van der Waals surface area contributed by atoms with E-state index in [0.717, 1.165) is 51.7 Å². The van der Waals surface area contributed by atoms with E-state index in [0.29, 0.717) is 0 Å². The Balaban J connectivity index is 0.659. The van der Waals surface area contributed by atoms with Gasteiger partial charge in [-0.15, -0.1) is 0 Å². The molecule has 0 N–H and O–H groups in total. The highest BCUT2D eigenvalue weighted by molar-refractivity contribution is 6.19. The van der Waals surface area contributed by atoms with Gasteiger partial charge in [0.1, 0.15) is 22.3 Å². The van der Waals surface area contributed by atoms with Gasteiger partial charge in [0.2, 0.25) is 0 Å². The van der Waals surface area contributed by atoms with Crippen LogP contribution in [0.2, 0.25) is 0 Å². The van der Waals surface area contributed by atoms with E-state index in [1.807, 2.05) is 0 Å². The fourth-order valence-corrected chi connectivity index (χ4v) is 27.0. The number of hydrogen-bond acceptors (Lipinski definition) is 3. The van der Waals surface area contributed by atoms with E-state index in [2.05, 4.69) is 324 Å². The molecule has 0 bridgehead atoms. The van der Waals surface area contributed by atoms with Crippen molar-refractivity contribution in [3.8, 4) is 89.0 Å². The number of aryl methyl sites for hydroxylation is 1. The highest BCUT2D eigenvalue weighted by atomic mass is 16.3. The zero-order valence-corrected chi connectivity index (χ0v) is 85.1. The van der Waals surface area contributed by atoms with Gasteiger partial charge < -0.3 is 13.7 Å². The quantitative estimate of drug-likeness (QED) is 0.0356. The first-order valence-electron chi connectivity index (χ1n) is 55.1. The fourth-order valence-electron chi connectivity index (χ4n) is 27.0. The number of benzene rings is 13. The Morgan fingerprint density at radius 1 is 0.219 bits per heavy atom. The van der Waals surface area contributed by atoms with Crippen molar-refractivity contribution in [1.82, 2.24) is 0 Å². The number of furan rings is 2. The molecular weight excluding hydrogens is 1660 g/mol. The molecule has 0 amide bonds. The molecule has 0 spiro atoms. The van der Waals surface area contributed by atoms with Gasteiger partial charge in [-0.1, -0.05) is 439 Å². The Hall–Kier alpha value is -10.7. The lowest BCUT2D eigenvalue weighted by Gasteiger charge is -2.35. The third-order valence-corrected chi connectivity index (χ3v) is 34.4. The molecule has 706 valence electrons. The lowest BCUT2D eigenvalue weighted by atomic mass is 9.68. The lowest BCUT2D eigenvalue weighted by Crippen LogP contribution is -2.27. The molecule has 0 atom stereocenters. The summed E-state index contributed by atoms with van der Waals surface area (Å²) < 4.78 is 14.3. The topological polar surface area (TPSA) is 29.5 Å². The number of rotatable bonds is 46. The summed E-state index contributed by atoms with van der Waals surface area (Å²) in [5.41, 5.74) is 44.4. The maximum absolute atomic E-state index is 7.28. The molecule has 5 aliphatic rings. The van der Waals surface area contributed by atoms with Crippen LogP contribution in [0, 0.1) is 6.92 Å². The van der Waals surface area contributed by atoms with Crippen LogP contribution in [0.1, 0.15) is 387 Å². The van der Waals surface area contributed by atoms with Crippen LogP contribution in [0.5, 0.6) is 0 Å². The zero-order chi connectivity index (χ0) is 94.0. The van der Waals surface area contributed by atoms with Crippen LogP contribution in [-0.2, 0) is 27.1 Å². The van der Waals surface area contributed by atoms with Crippen molar-refractivity contribution in [2.45, 2.75) is 360 Å². The summed E-state index contributed by atoms with van der Waals surface area (Å²) in [6.45, 7) is 26.3. The molecule has 20 rings (SSSR count). The Labute approximate surface area is 821 Å². The summed E-state index contributed by atoms with van der Waals surface area (Å²) in [6.07, 6.45) is 50.9. The second kappa shape index (κ2) is 40.6. The van der Waals surface area contributed by atoms with Gasteiger partial charge in [0.25, 0.3) is 0 Å². The zero-order valence-electron chi connectivity index (χ0n) is 85.1. The van der Waals surface area contributed by atoms with Crippen LogP contribution in [-0.4, -0.2) is 0 Å². The SMILES string of the molecule is CCCCCCCCC1(CCCCCCCC)c2cc(N(c3cccc(C)c3)c3ccc4c(c3)C(C)(C)c3cc(-c5ccc(-c6ccc7c(c6)C(C)(C)c6cc(-c8ccc9c(c8)C(CCCCCCC)(CCCCCCC)c8ccccc8-9)ccc6-7)cc5)c5oc6ccccc6c5c3-4)ccc2-c2cc3c(cc21)-c1c(ccc2oc4ccccc4c12)C3(CCCCCCCC)CCCCCCCC. The van der Waals surface area contributed by atoms with Crippen molar-refractivity contribution in [2.24, 2.45) is 0 Å². The largest absolute Gasteiger partial charge is 0.456 e. The number of anilines is 3. The number of unbranched alkanes of at least 4 members (excludes halogenated alkanes) is 28. The summed E-state index contributed by atoms with van der Waals surface area (Å²) in [6, 6.07) is 97.1. The minimum absolute atomic E-state index is 0.0412. The minimum Gasteiger partial charge on any atom is -0.456 e. The van der Waals surface area contributed by atoms with Gasteiger partial charge in [-0.05, 0) is 281 Å². The molecule has 5 aliphatic carbocycles. The molecule has 3 heteroatoms. The minimum atomic E-state index is -0.383. The van der Waals surface area contributed by atoms with Crippen LogP contribution in [0.25, 0.3) is 133 Å². The predicted molar refractivity (Wildman–Crippen MR) is 589 cm³/mol. The van der Waals surface area contributed by atoms with Crippen LogP contribution in [0.4, 0.5) is 17.1 Å². The van der Waals surface area contributed by atoms with E-state index in [4.69, 9.17) is 8.83 Å². The maximum Gasteiger partial charge on any atom is 0.143 e. The summed E-state index contributed by atoms with van der Waals surface area (Å²) in [4.78, 5) is 2.65. The second-order valence-electron chi connectivity index (χ2n) is 44.0. The summed E-state index contributed by atoms with van der Waals surface area (Å²) in [5.74, 6) is 0. The molecule has 0 unspecified atom stereocenters. The average Bonchev–Trinajstić information content (AvgIpc) is 1.52. The van der Waals surface area contributed by atoms with Crippen molar-refractivity contribution >= 4 is 60.9 Å². The summed E-state index contributed by atoms with van der Waals surface area (Å²) in [5, 5.41) is 4.95. The molecule has 137 heavy (non-hydrogen) atoms. The summed E-state index contributed by atoms with van der Waals surface area (Å²) in [7, 11) is 0. The first-order valence-corrected chi connectivity index (χ1v) is 55.1. The van der Waals surface area contributed by atoms with Crippen molar-refractivity contribution < 1.29 is 8.83 Å². The smallest absolute Gasteiger partial charge is 0.143 e. The number of fused-ring (bicyclic) bond motifs is 23. The number of nitrogens with zero attached hydrogens (tertiary/aromatic N) is 1. The van der Waals surface area contributed by atoms with Crippen molar-refractivity contribution in [3.05, 3.63) is 304 Å². The van der Waals surface area contributed by atoms with Gasteiger partial charge in [0, 0.05) is 71.2 Å². The van der Waals surface area contributed by atoms with Crippen LogP contribution < -0.4 is 4.90 Å². The van der Waals surface area contributed by atoms with E-state index in [9.17, 15) is 0 Å². The van der Waals surface area contributed by atoms with E-state index in [1.165, 1.54) is 383 Å². The van der Waals surface area contributed by atoms with Gasteiger partial charge in [-0.3, -0.25) is 0 Å². The van der Waals surface area contributed by atoms with E-state index in [-0.39, 0.29) is 27.1 Å². The molecule has 0 radical (unpaired) electrons. The van der Waals surface area contributed by atoms with Crippen molar-refractivity contribution in [1.29, 1.82) is 0 Å². The van der Waals surface area contributed by atoms with Crippen LogP contribution >= 0.6 is 0 Å². The first-order chi connectivity index (χ1) is 67.1. The van der Waals surface area contributed by atoms with Crippen LogP contribution in [0.15, 0.2) is 251 Å². The normalized spacial score (nSPS) is 14.8. The molecule has 0 saturated carbocycles. The molecule has 0 fully saturated rings. The highest BCUT2D eigenvalue weighted by Gasteiger charge is 2.51. The Kier molecular flexibility index (Phi) is 27.8. The third kappa shape index (κ3) is 17.2. The van der Waals surface area contributed by atoms with Crippen molar-refractivity contribution in [2.75, 3.05) is 4.90 Å². The van der Waals surface area contributed by atoms with Gasteiger partial charge in [-0.25, -0.2) is 0 Å². The average molecular weight is 1810 g/mol. The first kappa shape index (κ1) is 93.9. The third-order valence-electron chi connectivity index (χ3n) is 34.4. The summed E-state index contributed by atoms with van der Waals surface area (Å²) >= 11 is 0. The van der Waals surface area contributed by atoms with Gasteiger partial charge in [0.05, 0.1) is 0 Å². The number of para-hydroxylation sites is 2.